The number of pyridine rings is 1. The molecule has 6 nitrogen and oxygen atoms in total. The number of carboxylic acid groups (broad SMARTS) is 1. The molecule has 0 saturated carbocycles. The van der Waals surface area contributed by atoms with Gasteiger partial charge >= 0.3 is 29.6 Å². The molecule has 0 aliphatic rings. The van der Waals surface area contributed by atoms with E-state index >= 15 is 0 Å². The van der Waals surface area contributed by atoms with Gasteiger partial charge in [-0.25, -0.2) is 4.98 Å². The van der Waals surface area contributed by atoms with Crippen molar-refractivity contribution in [2.75, 3.05) is 6.61 Å². The Hall–Kier alpha value is -2.52. The second-order valence-corrected chi connectivity index (χ2v) is 13.5. The third kappa shape index (κ3) is 8.56. The van der Waals surface area contributed by atoms with Crippen molar-refractivity contribution in [3.63, 3.8) is 0 Å². The first-order valence-electron chi connectivity index (χ1n) is 14.0. The number of carboxylic acids is 1. The van der Waals surface area contributed by atoms with Crippen molar-refractivity contribution >= 4 is 51.1 Å². The second kappa shape index (κ2) is 14.5. The Morgan fingerprint density at radius 1 is 1.05 bits per heavy atom. The Morgan fingerprint density at radius 3 is 2.51 bits per heavy atom. The Morgan fingerprint density at radius 2 is 1.79 bits per heavy atom. The molecule has 1 unspecified atom stereocenters. The van der Waals surface area contributed by atoms with E-state index in [0.29, 0.717) is 24.6 Å². The van der Waals surface area contributed by atoms with E-state index in [-0.39, 0.29) is 40.9 Å². The molecule has 0 saturated heterocycles. The summed E-state index contributed by atoms with van der Waals surface area (Å²) in [6, 6.07) is 26.1. The Kier molecular flexibility index (Phi) is 11.3. The zero-order valence-corrected chi connectivity index (χ0v) is 28.8. The molecule has 0 aliphatic carbocycles. The van der Waals surface area contributed by atoms with Crippen LogP contribution in [0.5, 0.6) is 5.75 Å². The summed E-state index contributed by atoms with van der Waals surface area (Å²) in [5.41, 5.74) is 5.06. The van der Waals surface area contributed by atoms with Gasteiger partial charge in [-0.1, -0.05) is 68.8 Å². The van der Waals surface area contributed by atoms with Crippen molar-refractivity contribution in [1.82, 2.24) is 9.55 Å². The zero-order valence-electron chi connectivity index (χ0n) is 25.2. The van der Waals surface area contributed by atoms with Crippen LogP contribution in [0.15, 0.2) is 83.8 Å². The number of carbonyl (C=O) groups excluding carboxylic acids is 1. The molecule has 2 aromatic heterocycles. The van der Waals surface area contributed by atoms with Crippen LogP contribution in [0.4, 0.5) is 0 Å². The first-order chi connectivity index (χ1) is 20.1. The largest absolute Gasteiger partial charge is 1.00 e. The molecule has 218 valence electrons. The summed E-state index contributed by atoms with van der Waals surface area (Å²) in [5, 5.41) is 14.1. The van der Waals surface area contributed by atoms with Gasteiger partial charge in [-0.2, -0.15) is 0 Å². The quantitative estimate of drug-likeness (QED) is 0.163. The minimum atomic E-state index is -1.22. The van der Waals surface area contributed by atoms with E-state index in [0.717, 1.165) is 49.4 Å². The van der Waals surface area contributed by atoms with E-state index in [4.69, 9.17) is 26.1 Å². The smallest absolute Gasteiger partial charge is 0.547 e. The van der Waals surface area contributed by atoms with Crippen molar-refractivity contribution in [1.29, 1.82) is 0 Å². The van der Waals surface area contributed by atoms with E-state index in [9.17, 15) is 9.90 Å². The first kappa shape index (κ1) is 33.4. The van der Waals surface area contributed by atoms with E-state index in [2.05, 4.69) is 43.5 Å². The average Bonchev–Trinajstić information content (AvgIpc) is 3.22. The third-order valence-corrected chi connectivity index (χ3v) is 8.36. The number of nitrogens with zero attached hydrogens (tertiary/aromatic N) is 2. The van der Waals surface area contributed by atoms with Crippen molar-refractivity contribution in [2.24, 2.45) is 0 Å². The third-order valence-electron chi connectivity index (χ3n) is 6.84. The number of ether oxygens (including phenoxy) is 2. The number of rotatable bonds is 11. The molecule has 0 fully saturated rings. The van der Waals surface area contributed by atoms with Crippen molar-refractivity contribution < 1.29 is 48.9 Å². The number of aromatic nitrogens is 2. The predicted molar refractivity (Wildman–Crippen MR) is 168 cm³/mol. The number of carbonyl (C=O) groups is 1. The number of hydrogen-bond donors (Lipinski definition) is 0. The van der Waals surface area contributed by atoms with Gasteiger partial charge in [0.25, 0.3) is 0 Å². The molecule has 43 heavy (non-hydrogen) atoms. The molecule has 0 bridgehead atoms. The van der Waals surface area contributed by atoms with Crippen LogP contribution in [0.25, 0.3) is 21.8 Å². The summed E-state index contributed by atoms with van der Waals surface area (Å²) >= 11 is 7.95. The van der Waals surface area contributed by atoms with Gasteiger partial charge in [0.05, 0.1) is 29.9 Å². The number of para-hydroxylation sites is 1. The zero-order chi connectivity index (χ0) is 29.9. The maximum atomic E-state index is 11.3. The first-order valence-corrected chi connectivity index (χ1v) is 15.2. The monoisotopic (exact) mass is 624 g/mol. The Balaban J connectivity index is 0.00000423. The van der Waals surface area contributed by atoms with E-state index in [1.54, 1.807) is 11.8 Å². The number of benzene rings is 3. The fourth-order valence-electron chi connectivity index (χ4n) is 4.81. The maximum absolute atomic E-state index is 11.3. The van der Waals surface area contributed by atoms with Gasteiger partial charge in [-0.05, 0) is 55.0 Å². The fourth-order valence-corrected chi connectivity index (χ4v) is 6.16. The minimum absolute atomic E-state index is 0. The number of fused-ring (bicyclic) bond motifs is 2. The van der Waals surface area contributed by atoms with Crippen molar-refractivity contribution in [3.8, 4) is 5.75 Å². The van der Waals surface area contributed by atoms with Crippen LogP contribution in [-0.2, 0) is 29.1 Å². The van der Waals surface area contributed by atoms with Gasteiger partial charge < -0.3 is 23.9 Å². The molecule has 3 aromatic carbocycles. The molecule has 5 aromatic rings. The average molecular weight is 625 g/mol. The normalized spacial score (nSPS) is 12.3. The van der Waals surface area contributed by atoms with Crippen LogP contribution in [0.1, 0.15) is 44.6 Å². The summed E-state index contributed by atoms with van der Waals surface area (Å²) in [6.07, 6.45) is -0.447. The van der Waals surface area contributed by atoms with Crippen molar-refractivity contribution in [3.05, 3.63) is 101 Å². The second-order valence-electron chi connectivity index (χ2n) is 11.2. The molecule has 0 amide bonds. The maximum Gasteiger partial charge on any atom is 1.00 e. The standard InChI is InChI=1S/C34H35ClN2O4S.Na/c1-22(33(38)39)40-18-17-31-32(42-34(2,3)4)28-19-27(41-21-26-14-11-24-7-5-6-8-29(24)36-26)15-16-30(28)37(31)20-23-9-12-25(35)13-10-23;/h5-16,19,22H,17-18,20-21H2,1-4H3,(H,38,39);/q;+1/p-1. The summed E-state index contributed by atoms with van der Waals surface area (Å²) in [6.45, 7) is 9.28. The van der Waals surface area contributed by atoms with Gasteiger partial charge in [0.1, 0.15) is 12.4 Å². The molecule has 0 aliphatic heterocycles. The van der Waals surface area contributed by atoms with Crippen LogP contribution in [0.2, 0.25) is 5.02 Å². The molecular weight excluding hydrogens is 591 g/mol. The summed E-state index contributed by atoms with van der Waals surface area (Å²) in [4.78, 5) is 17.1. The number of thioether (sulfide) groups is 1. The van der Waals surface area contributed by atoms with Crippen LogP contribution in [-0.4, -0.2) is 33.0 Å². The predicted octanol–water partition coefficient (Wildman–Crippen LogP) is 4.06. The van der Waals surface area contributed by atoms with Gasteiger partial charge in [-0.15, -0.1) is 11.8 Å². The van der Waals surface area contributed by atoms with Gasteiger partial charge in [0.15, 0.2) is 0 Å². The topological polar surface area (TPSA) is 76.4 Å². The molecule has 0 radical (unpaired) electrons. The van der Waals surface area contributed by atoms with Crippen LogP contribution >= 0.6 is 23.4 Å². The molecule has 5 rings (SSSR count). The summed E-state index contributed by atoms with van der Waals surface area (Å²) < 4.78 is 14.1. The fraction of sp³-hybridized carbons (Fsp3) is 0.294. The van der Waals surface area contributed by atoms with Crippen molar-refractivity contribution in [2.45, 2.75) is 63.0 Å². The minimum Gasteiger partial charge on any atom is -0.547 e. The van der Waals surface area contributed by atoms with Gasteiger partial charge in [0.2, 0.25) is 0 Å². The number of aliphatic carboxylic acids is 1. The van der Waals surface area contributed by atoms with Crippen LogP contribution in [0, 0.1) is 0 Å². The Labute approximate surface area is 284 Å². The van der Waals surface area contributed by atoms with Crippen LogP contribution in [0.3, 0.4) is 0 Å². The molecule has 2 heterocycles. The van der Waals surface area contributed by atoms with Gasteiger partial charge in [0, 0.05) is 49.6 Å². The number of halogens is 1. The summed E-state index contributed by atoms with van der Waals surface area (Å²) in [5.74, 6) is -0.464. The Bertz CT molecular complexity index is 1720. The molecule has 1 atom stereocenters. The summed E-state index contributed by atoms with van der Waals surface area (Å²) in [7, 11) is 0. The van der Waals surface area contributed by atoms with E-state index < -0.39 is 12.1 Å². The molecule has 9 heteroatoms. The van der Waals surface area contributed by atoms with E-state index in [1.807, 2.05) is 60.7 Å². The number of hydrogen-bond acceptors (Lipinski definition) is 6. The molecule has 0 spiro atoms. The van der Waals surface area contributed by atoms with E-state index in [1.165, 1.54) is 6.92 Å². The molecule has 0 N–H and O–H groups in total. The van der Waals surface area contributed by atoms with Gasteiger partial charge in [-0.3, -0.25) is 0 Å². The van der Waals surface area contributed by atoms with Crippen LogP contribution < -0.4 is 39.4 Å². The SMILES string of the molecule is CC(OCCc1c(SC(C)(C)C)c2cc(OCc3ccc4ccccc4n3)ccc2n1Cc1ccc(Cl)cc1)C(=O)[O-].[Na+]. The molecular formula is C34H34ClN2NaO4S.